The second kappa shape index (κ2) is 9.46. The minimum absolute atomic E-state index is 0.0842. The second-order valence-corrected chi connectivity index (χ2v) is 11.0. The first-order valence-corrected chi connectivity index (χ1v) is 12.2. The maximum atomic E-state index is 12.4. The number of hydrogen-bond acceptors (Lipinski definition) is 4. The lowest BCUT2D eigenvalue weighted by Crippen LogP contribution is -2.29. The van der Waals surface area contributed by atoms with Crippen LogP contribution in [0.4, 0.5) is 0 Å². The Labute approximate surface area is 165 Å². The molecule has 27 heavy (non-hydrogen) atoms. The van der Waals surface area contributed by atoms with Crippen molar-refractivity contribution in [1.82, 2.24) is 0 Å². The van der Waals surface area contributed by atoms with E-state index >= 15 is 0 Å². The molecule has 0 radical (unpaired) electrons. The lowest BCUT2D eigenvalue weighted by atomic mass is 10.1. The summed E-state index contributed by atoms with van der Waals surface area (Å²) in [6, 6.07) is 8.75. The third kappa shape index (κ3) is 6.43. The molecule has 0 amide bonds. The summed E-state index contributed by atoms with van der Waals surface area (Å²) in [6.07, 6.45) is 8.82. The number of halogens is 1. The van der Waals surface area contributed by atoms with Gasteiger partial charge in [-0.05, 0) is 30.4 Å². The molecule has 0 N–H and O–H groups in total. The van der Waals surface area contributed by atoms with Crippen LogP contribution >= 0.6 is 11.6 Å². The van der Waals surface area contributed by atoms with Gasteiger partial charge in [0, 0.05) is 5.03 Å². The van der Waals surface area contributed by atoms with Gasteiger partial charge in [-0.1, -0.05) is 66.9 Å². The van der Waals surface area contributed by atoms with Crippen molar-refractivity contribution in [3.63, 3.8) is 0 Å². The molecule has 1 fully saturated rings. The van der Waals surface area contributed by atoms with E-state index in [1.807, 2.05) is 0 Å². The molecule has 1 aliphatic rings. The van der Waals surface area contributed by atoms with Crippen LogP contribution in [-0.4, -0.2) is 37.5 Å². The molecule has 1 saturated carbocycles. The fourth-order valence-corrected chi connectivity index (χ4v) is 6.74. The highest BCUT2D eigenvalue weighted by atomic mass is 35.5. The van der Waals surface area contributed by atoms with Crippen molar-refractivity contribution in [3.8, 4) is 0 Å². The molecule has 146 valence electrons. The summed E-state index contributed by atoms with van der Waals surface area (Å²) < 4.78 is 48.2. The highest BCUT2D eigenvalue weighted by molar-refractivity contribution is 8.31. The summed E-state index contributed by atoms with van der Waals surface area (Å²) >= 11 is 5.98. The molecule has 0 heterocycles. The summed E-state index contributed by atoms with van der Waals surface area (Å²) in [7, 11) is -8.72. The third-order valence-corrected chi connectivity index (χ3v) is 8.66. The van der Waals surface area contributed by atoms with E-state index in [9.17, 15) is 16.8 Å². The molecule has 1 aromatic rings. The molecule has 6 nitrogen and oxygen atoms in total. The second-order valence-electron chi connectivity index (χ2n) is 6.38. The molecule has 0 atom stereocenters. The van der Waals surface area contributed by atoms with Crippen LogP contribution in [0.5, 0.6) is 0 Å². The van der Waals surface area contributed by atoms with E-state index in [1.54, 1.807) is 36.4 Å². The molecule has 0 unspecified atom stereocenters. The molecular weight excluding hydrogens is 408 g/mol. The SMILES string of the molecule is [N-]=[N+]=C(S(=O)(=O)CC=CC1CCCC1)S(=O)(=O)CC(Cl)=Cc1ccccc1. The van der Waals surface area contributed by atoms with Crippen LogP contribution in [-0.2, 0) is 19.7 Å². The van der Waals surface area contributed by atoms with E-state index < -0.39 is 35.6 Å². The molecule has 0 aromatic heterocycles. The zero-order valence-corrected chi connectivity index (χ0v) is 17.0. The number of benzene rings is 1. The Morgan fingerprint density at radius 3 is 2.33 bits per heavy atom. The summed E-state index contributed by atoms with van der Waals surface area (Å²) in [6.45, 7) is 0. The minimum atomic E-state index is -4.42. The van der Waals surface area contributed by atoms with Gasteiger partial charge in [-0.15, -0.1) is 4.79 Å². The topological polar surface area (TPSA) is 105 Å². The zero-order chi connectivity index (χ0) is 19.9. The summed E-state index contributed by atoms with van der Waals surface area (Å²) in [5, 5.41) is -0.0842. The van der Waals surface area contributed by atoms with Crippen LogP contribution in [0.2, 0.25) is 0 Å². The van der Waals surface area contributed by atoms with Crippen LogP contribution in [0.1, 0.15) is 31.2 Å². The molecule has 1 aliphatic carbocycles. The van der Waals surface area contributed by atoms with Gasteiger partial charge < -0.3 is 5.53 Å². The van der Waals surface area contributed by atoms with Crippen molar-refractivity contribution in [2.45, 2.75) is 25.7 Å². The number of hydrogen-bond donors (Lipinski definition) is 0. The van der Waals surface area contributed by atoms with Gasteiger partial charge >= 0.3 is 4.38 Å². The van der Waals surface area contributed by atoms with Gasteiger partial charge in [0.1, 0.15) is 0 Å². The van der Waals surface area contributed by atoms with Crippen LogP contribution < -0.4 is 0 Å². The van der Waals surface area contributed by atoms with E-state index in [2.05, 4.69) is 4.79 Å². The lowest BCUT2D eigenvalue weighted by Gasteiger charge is -2.02. The summed E-state index contributed by atoms with van der Waals surface area (Å²) in [5.41, 5.74) is 9.72. The van der Waals surface area contributed by atoms with Crippen LogP contribution in [0.3, 0.4) is 0 Å². The lowest BCUT2D eigenvalue weighted by molar-refractivity contribution is 0.00385. The highest BCUT2D eigenvalue weighted by Gasteiger charge is 2.41. The average Bonchev–Trinajstić information content (AvgIpc) is 3.08. The maximum Gasteiger partial charge on any atom is 0.495 e. The van der Waals surface area contributed by atoms with Crippen molar-refractivity contribution in [2.75, 3.05) is 11.5 Å². The number of rotatable bonds is 6. The Hall–Kier alpha value is -1.73. The highest BCUT2D eigenvalue weighted by Crippen LogP contribution is 2.25. The Balaban J connectivity index is 2.13. The third-order valence-electron chi connectivity index (χ3n) is 4.19. The Bertz CT molecular complexity index is 971. The molecule has 0 bridgehead atoms. The molecule has 0 aliphatic heterocycles. The van der Waals surface area contributed by atoms with Crippen LogP contribution in [0.15, 0.2) is 47.5 Å². The zero-order valence-electron chi connectivity index (χ0n) is 14.7. The number of allylic oxidation sites excluding steroid dienone is 1. The van der Waals surface area contributed by atoms with Gasteiger partial charge in [-0.3, -0.25) is 0 Å². The van der Waals surface area contributed by atoms with Crippen LogP contribution in [0, 0.1) is 5.92 Å². The molecule has 1 aromatic carbocycles. The monoisotopic (exact) mass is 428 g/mol. The summed E-state index contributed by atoms with van der Waals surface area (Å²) in [5.74, 6) is -0.995. The standard InChI is InChI=1S/C18H21ClN2O4S2/c19-17(13-16-9-2-1-3-10-16)14-27(24,25)18(21-20)26(22,23)12-6-11-15-7-4-5-8-15/h1-3,6,9-11,13,15H,4-5,7-8,12,14H2. The van der Waals surface area contributed by atoms with Crippen molar-refractivity contribution < 1.29 is 21.6 Å². The van der Waals surface area contributed by atoms with Crippen molar-refractivity contribution in [2.24, 2.45) is 5.92 Å². The Morgan fingerprint density at radius 2 is 1.74 bits per heavy atom. The van der Waals surface area contributed by atoms with Gasteiger partial charge in [-0.2, -0.15) is 0 Å². The van der Waals surface area contributed by atoms with E-state index in [1.165, 1.54) is 12.2 Å². The van der Waals surface area contributed by atoms with E-state index in [4.69, 9.17) is 17.1 Å². The fourth-order valence-electron chi connectivity index (χ4n) is 2.93. The van der Waals surface area contributed by atoms with Crippen LogP contribution in [0.25, 0.3) is 11.6 Å². The van der Waals surface area contributed by atoms with Gasteiger partial charge in [-0.25, -0.2) is 16.8 Å². The quantitative estimate of drug-likeness (QED) is 0.227. The van der Waals surface area contributed by atoms with Crippen molar-refractivity contribution in [1.29, 1.82) is 0 Å². The molecule has 0 saturated heterocycles. The number of nitrogens with zero attached hydrogens (tertiary/aromatic N) is 2. The molecule has 2 rings (SSSR count). The minimum Gasteiger partial charge on any atom is -0.359 e. The van der Waals surface area contributed by atoms with Gasteiger partial charge in [0.15, 0.2) is 0 Å². The van der Waals surface area contributed by atoms with E-state index in [0.717, 1.165) is 25.7 Å². The molecular formula is C18H21ClN2O4S2. The maximum absolute atomic E-state index is 12.4. The first-order valence-electron chi connectivity index (χ1n) is 8.50. The smallest absolute Gasteiger partial charge is 0.359 e. The molecule has 9 heteroatoms. The molecule has 0 spiro atoms. The average molecular weight is 429 g/mol. The van der Waals surface area contributed by atoms with Gasteiger partial charge in [0.25, 0.3) is 19.7 Å². The predicted molar refractivity (Wildman–Crippen MR) is 108 cm³/mol. The number of sulfone groups is 2. The first-order chi connectivity index (χ1) is 12.7. The summed E-state index contributed by atoms with van der Waals surface area (Å²) in [4.78, 5) is 2.56. The predicted octanol–water partition coefficient (Wildman–Crippen LogP) is 3.43. The van der Waals surface area contributed by atoms with Crippen molar-refractivity contribution >= 4 is 41.7 Å². The normalized spacial score (nSPS) is 16.6. The van der Waals surface area contributed by atoms with Gasteiger partial charge in [0.05, 0.1) is 11.5 Å². The van der Waals surface area contributed by atoms with Gasteiger partial charge in [0.2, 0.25) is 0 Å². The van der Waals surface area contributed by atoms with E-state index in [0.29, 0.717) is 11.5 Å². The largest absolute Gasteiger partial charge is 0.495 e. The van der Waals surface area contributed by atoms with E-state index in [-0.39, 0.29) is 5.03 Å². The Kier molecular flexibility index (Phi) is 7.56. The Morgan fingerprint density at radius 1 is 1.11 bits per heavy atom. The fraction of sp³-hybridized carbons (Fsp3) is 0.389. The first kappa shape index (κ1) is 21.6. The van der Waals surface area contributed by atoms with Crippen molar-refractivity contribution in [3.05, 3.63) is 58.6 Å².